The van der Waals surface area contributed by atoms with E-state index in [0.29, 0.717) is 0 Å². The van der Waals surface area contributed by atoms with Crippen LogP contribution in [0.4, 0.5) is 0 Å². The normalized spacial score (nSPS) is 9.41. The first-order valence-electron chi connectivity index (χ1n) is 30.4. The first kappa shape index (κ1) is 77.9. The molecule has 0 aliphatic heterocycles. The molecule has 92 heavy (non-hydrogen) atoms. The molecule has 0 atom stereocenters. The molecule has 12 rings (SSSR count). The molecule has 0 bridgehead atoms. The van der Waals surface area contributed by atoms with E-state index < -0.39 is 0 Å². The summed E-state index contributed by atoms with van der Waals surface area (Å²) in [7, 11) is 0. The summed E-state index contributed by atoms with van der Waals surface area (Å²) in [6.07, 6.45) is 25.3. The summed E-state index contributed by atoms with van der Waals surface area (Å²) >= 11 is 0. The minimum Gasteiger partial charge on any atom is -0.264 e. The Morgan fingerprint density at radius 3 is 1.17 bits per heavy atom. The monoisotopic (exact) mass is 1230 g/mol. The van der Waals surface area contributed by atoms with Crippen LogP contribution in [0.5, 0.6) is 0 Å². The molecular weight excluding hydrogens is 1130 g/mol. The molecule has 0 N–H and O–H groups in total. The lowest BCUT2D eigenvalue weighted by atomic mass is 10.1. The minimum absolute atomic E-state index is 0.829. The van der Waals surface area contributed by atoms with Crippen molar-refractivity contribution in [2.45, 2.75) is 152 Å². The fourth-order valence-corrected chi connectivity index (χ4v) is 7.32. The molecule has 0 spiro atoms. The van der Waals surface area contributed by atoms with Gasteiger partial charge in [-0.3, -0.25) is 54.8 Å². The van der Waals surface area contributed by atoms with E-state index in [-0.39, 0.29) is 0 Å². The molecule has 11 heterocycles. The van der Waals surface area contributed by atoms with Gasteiger partial charge in [-0.25, -0.2) is 19.9 Å². The van der Waals surface area contributed by atoms with Crippen LogP contribution in [0.25, 0.3) is 10.9 Å². The Hall–Kier alpha value is -10.2. The number of nitrogens with zero attached hydrogens (tertiary/aromatic N) is 15. The number of rotatable bonds is 0. The number of para-hydroxylation sites is 1. The van der Waals surface area contributed by atoms with Crippen LogP contribution in [-0.2, 0) is 0 Å². The molecule has 11 aromatic heterocycles. The van der Waals surface area contributed by atoms with Crippen LogP contribution in [0.1, 0.15) is 124 Å². The number of fused-ring (bicyclic) bond motifs is 1. The number of aryl methyl sites for hydroxylation is 22. The molecule has 0 aliphatic rings. The van der Waals surface area contributed by atoms with E-state index in [0.717, 1.165) is 85.4 Å². The second-order valence-electron chi connectivity index (χ2n) is 22.0. The highest BCUT2D eigenvalue weighted by molar-refractivity contribution is 5.81. The lowest BCUT2D eigenvalue weighted by molar-refractivity contribution is 1.01. The molecular formula is C77H97N15. The molecule has 0 radical (unpaired) electrons. The Labute approximate surface area is 549 Å². The Bertz CT molecular complexity index is 3380. The van der Waals surface area contributed by atoms with Crippen LogP contribution in [0.15, 0.2) is 190 Å². The van der Waals surface area contributed by atoms with E-state index in [1.54, 1.807) is 31.0 Å². The van der Waals surface area contributed by atoms with Gasteiger partial charge in [0.2, 0.25) is 0 Å². The van der Waals surface area contributed by atoms with E-state index in [1.165, 1.54) is 49.9 Å². The van der Waals surface area contributed by atoms with Crippen LogP contribution in [-0.4, -0.2) is 74.8 Å². The first-order chi connectivity index (χ1) is 43.7. The Balaban J connectivity index is 0.000000346. The van der Waals surface area contributed by atoms with Crippen molar-refractivity contribution in [2.24, 2.45) is 0 Å². The van der Waals surface area contributed by atoms with Gasteiger partial charge in [-0.15, -0.1) is 0 Å². The van der Waals surface area contributed by atoms with E-state index in [9.17, 15) is 0 Å². The lowest BCUT2D eigenvalue weighted by Crippen LogP contribution is -1.86. The zero-order valence-corrected chi connectivity index (χ0v) is 58.6. The quantitative estimate of drug-likeness (QED) is 0.139. The highest BCUT2D eigenvalue weighted by Gasteiger charge is 1.98. The summed E-state index contributed by atoms with van der Waals surface area (Å²) in [5.41, 5.74) is 23.7. The van der Waals surface area contributed by atoms with Crippen molar-refractivity contribution >= 4 is 10.9 Å². The summed E-state index contributed by atoms with van der Waals surface area (Å²) in [6, 6.07) is 34.5. The topological polar surface area (TPSA) is 193 Å². The van der Waals surface area contributed by atoms with Crippen molar-refractivity contribution in [3.63, 3.8) is 0 Å². The molecule has 0 aliphatic carbocycles. The average Bonchev–Trinajstić information content (AvgIpc) is 0.924. The second-order valence-corrected chi connectivity index (χ2v) is 22.0. The van der Waals surface area contributed by atoms with Crippen molar-refractivity contribution in [1.82, 2.24) is 74.8 Å². The smallest absolute Gasteiger partial charge is 0.125 e. The summed E-state index contributed by atoms with van der Waals surface area (Å²) in [5.74, 6) is 1.67. The maximum atomic E-state index is 4.44. The Kier molecular flexibility index (Phi) is 37.5. The minimum atomic E-state index is 0.829. The molecule has 1 aromatic carbocycles. The van der Waals surface area contributed by atoms with Gasteiger partial charge in [-0.2, -0.15) is 0 Å². The van der Waals surface area contributed by atoms with Crippen molar-refractivity contribution in [3.8, 4) is 0 Å². The van der Waals surface area contributed by atoms with Gasteiger partial charge in [0.15, 0.2) is 0 Å². The maximum Gasteiger partial charge on any atom is 0.125 e. The van der Waals surface area contributed by atoms with Crippen molar-refractivity contribution in [1.29, 1.82) is 0 Å². The maximum absolute atomic E-state index is 4.44. The fraction of sp³-hybridized carbons (Fsp3) is 0.286. The molecule has 15 heteroatoms. The molecule has 12 aromatic rings. The molecule has 0 unspecified atom stereocenters. The molecule has 0 saturated carbocycles. The third kappa shape index (κ3) is 37.6. The SMILES string of the molecule is Cc1cc(C)c2ccccc2n1.Cc1ccc(C)nc1.Cc1cccc(C)n1.Cc1cccnc1C.Cc1ccnc(C)c1.Cc1ccnc(C)n1.Cc1ccncc1C.Cc1cnc(C)cn1.Cc1cnc(C)nc1.Cc1cncc(C)c1.Cc1cncc(C)n1. The number of aromatic nitrogens is 15. The van der Waals surface area contributed by atoms with Gasteiger partial charge >= 0.3 is 0 Å². The Morgan fingerprint density at radius 2 is 0.783 bits per heavy atom. The molecule has 0 saturated heterocycles. The average molecular weight is 1230 g/mol. The number of hydrogen-bond acceptors (Lipinski definition) is 15. The predicted octanol–water partition coefficient (Wildman–Crippen LogP) is 17.4. The zero-order valence-electron chi connectivity index (χ0n) is 58.6. The second kappa shape index (κ2) is 44.3. The van der Waals surface area contributed by atoms with Gasteiger partial charge in [0, 0.05) is 132 Å². The molecule has 480 valence electrons. The van der Waals surface area contributed by atoms with E-state index in [1.807, 2.05) is 234 Å². The van der Waals surface area contributed by atoms with E-state index >= 15 is 0 Å². The van der Waals surface area contributed by atoms with Crippen LogP contribution in [0, 0.1) is 152 Å². The molecule has 15 nitrogen and oxygen atoms in total. The van der Waals surface area contributed by atoms with Crippen molar-refractivity contribution in [2.75, 3.05) is 0 Å². The largest absolute Gasteiger partial charge is 0.264 e. The number of pyridine rings is 7. The van der Waals surface area contributed by atoms with Gasteiger partial charge < -0.3 is 0 Å². The standard InChI is InChI=1S/C11H11N.6C7H9N.4C6H8N2/c1-8-7-9(2)12-11-6-4-3-5-10(8)11;1-6-3-7(2)5-8-4-6;1-6-3-4-8-5-7(6)2;1-6-3-4-8-7(2)5-6;1-6-3-4-7(2)8-5-6;1-6-4-3-5-8-7(6)2;1-6-4-3-5-7(2)8-6;1-5-3-8-6(2)4-7-5;1-5-3-7-4-6(2)8-5;1-5-3-7-6(2)8-4-5;1-5-3-4-7-6(2)8-5/h3-7H,1-2H3;6*3-5H,1-2H3;4*3-4H,1-2H3. The van der Waals surface area contributed by atoms with Gasteiger partial charge in [0.05, 0.1) is 28.3 Å². The van der Waals surface area contributed by atoms with E-state index in [2.05, 4.69) is 152 Å². The van der Waals surface area contributed by atoms with Crippen LogP contribution >= 0.6 is 0 Å². The van der Waals surface area contributed by atoms with Crippen LogP contribution in [0.2, 0.25) is 0 Å². The third-order valence-corrected chi connectivity index (χ3v) is 12.4. The fourth-order valence-electron chi connectivity index (χ4n) is 7.32. The molecule has 0 fully saturated rings. The van der Waals surface area contributed by atoms with Crippen LogP contribution in [0.3, 0.4) is 0 Å². The van der Waals surface area contributed by atoms with Gasteiger partial charge in [-0.05, 0) is 263 Å². The summed E-state index contributed by atoms with van der Waals surface area (Å²) < 4.78 is 0. The highest BCUT2D eigenvalue weighted by Crippen LogP contribution is 2.16. The Morgan fingerprint density at radius 1 is 0.217 bits per heavy atom. The van der Waals surface area contributed by atoms with Gasteiger partial charge in [-0.1, -0.05) is 42.5 Å². The summed E-state index contributed by atoms with van der Waals surface area (Å²) in [6.45, 7) is 43.9. The van der Waals surface area contributed by atoms with Crippen LogP contribution < -0.4 is 0 Å². The summed E-state index contributed by atoms with van der Waals surface area (Å²) in [5, 5.41) is 1.25. The molecule has 0 amide bonds. The number of benzene rings is 1. The summed E-state index contributed by atoms with van der Waals surface area (Å²) in [4.78, 5) is 60.7. The van der Waals surface area contributed by atoms with Gasteiger partial charge in [0.1, 0.15) is 11.6 Å². The zero-order chi connectivity index (χ0) is 68.4. The highest BCUT2D eigenvalue weighted by atomic mass is 14.9. The number of hydrogen-bond donors (Lipinski definition) is 0. The lowest BCUT2D eigenvalue weighted by Gasteiger charge is -2.01. The van der Waals surface area contributed by atoms with Crippen molar-refractivity contribution < 1.29 is 0 Å². The predicted molar refractivity (Wildman–Crippen MR) is 380 cm³/mol. The van der Waals surface area contributed by atoms with Gasteiger partial charge in [0.25, 0.3) is 0 Å². The first-order valence-corrected chi connectivity index (χ1v) is 30.4. The van der Waals surface area contributed by atoms with Crippen molar-refractivity contribution in [3.05, 3.63) is 314 Å². The third-order valence-electron chi connectivity index (χ3n) is 12.4. The van der Waals surface area contributed by atoms with E-state index in [4.69, 9.17) is 0 Å².